The number of nitrogens with zero attached hydrogens (tertiary/aromatic N) is 1. The van der Waals surface area contributed by atoms with Crippen LogP contribution in [-0.4, -0.2) is 23.5 Å². The van der Waals surface area contributed by atoms with Crippen LogP contribution in [0.4, 0.5) is 5.13 Å². The van der Waals surface area contributed by atoms with E-state index >= 15 is 0 Å². The van der Waals surface area contributed by atoms with Gasteiger partial charge in [-0.1, -0.05) is 22.9 Å². The van der Waals surface area contributed by atoms with Gasteiger partial charge in [-0.05, 0) is 18.2 Å². The first kappa shape index (κ1) is 10.8. The van der Waals surface area contributed by atoms with Gasteiger partial charge in [-0.2, -0.15) is 0 Å². The lowest BCUT2D eigenvalue weighted by Crippen LogP contribution is -2.22. The molecule has 1 fully saturated rings. The molecule has 0 radical (unpaired) electrons. The van der Waals surface area contributed by atoms with Crippen LogP contribution in [-0.2, 0) is 4.79 Å². The molecule has 17 heavy (non-hydrogen) atoms. The number of fused-ring (bicyclic) bond motifs is 1. The third kappa shape index (κ3) is 2.21. The number of rotatable bonds is 2. The zero-order chi connectivity index (χ0) is 11.8. The first-order valence-corrected chi connectivity index (χ1v) is 6.49. The van der Waals surface area contributed by atoms with E-state index in [1.807, 2.05) is 18.2 Å². The van der Waals surface area contributed by atoms with Gasteiger partial charge in [0.15, 0.2) is 5.13 Å². The molecular weight excluding hydrogens is 258 g/mol. The Hall–Kier alpha value is -1.33. The molecule has 0 bridgehead atoms. The van der Waals surface area contributed by atoms with E-state index in [1.54, 1.807) is 11.3 Å². The fourth-order valence-corrected chi connectivity index (χ4v) is 2.93. The number of anilines is 1. The maximum Gasteiger partial charge on any atom is 0.222 e. The number of amides is 1. The summed E-state index contributed by atoms with van der Waals surface area (Å²) in [5, 5.41) is 7.57. The Labute approximate surface area is 107 Å². The second-order valence-corrected chi connectivity index (χ2v) is 5.45. The summed E-state index contributed by atoms with van der Waals surface area (Å²) in [7, 11) is 0. The van der Waals surface area contributed by atoms with Crippen molar-refractivity contribution in [2.24, 2.45) is 0 Å². The maximum absolute atomic E-state index is 11.1. The largest absolute Gasteiger partial charge is 0.356 e. The molecular formula is C11H10ClN3OS. The van der Waals surface area contributed by atoms with Gasteiger partial charge in [0.05, 0.1) is 16.3 Å². The minimum absolute atomic E-state index is 0.0895. The molecule has 0 spiro atoms. The highest BCUT2D eigenvalue weighted by atomic mass is 35.5. The van der Waals surface area contributed by atoms with Gasteiger partial charge >= 0.3 is 0 Å². The summed E-state index contributed by atoms with van der Waals surface area (Å²) in [6, 6.07) is 5.79. The SMILES string of the molecule is O=C1CC(Nc2nc3cc(Cl)ccc3s2)CN1. The monoisotopic (exact) mass is 267 g/mol. The Bertz CT molecular complexity index is 583. The van der Waals surface area contributed by atoms with Crippen molar-refractivity contribution in [2.45, 2.75) is 12.5 Å². The minimum atomic E-state index is 0.0895. The summed E-state index contributed by atoms with van der Waals surface area (Å²) in [5.74, 6) is 0.0895. The predicted octanol–water partition coefficient (Wildman–Crippen LogP) is 2.25. The lowest BCUT2D eigenvalue weighted by molar-refractivity contribution is -0.119. The Balaban J connectivity index is 1.83. The Morgan fingerprint density at radius 2 is 2.41 bits per heavy atom. The smallest absolute Gasteiger partial charge is 0.222 e. The summed E-state index contributed by atoms with van der Waals surface area (Å²) in [4.78, 5) is 15.5. The van der Waals surface area contributed by atoms with Gasteiger partial charge in [-0.25, -0.2) is 4.98 Å². The van der Waals surface area contributed by atoms with E-state index in [1.165, 1.54) is 0 Å². The topological polar surface area (TPSA) is 54.0 Å². The second-order valence-electron chi connectivity index (χ2n) is 3.98. The van der Waals surface area contributed by atoms with E-state index in [2.05, 4.69) is 15.6 Å². The molecule has 3 rings (SSSR count). The highest BCUT2D eigenvalue weighted by molar-refractivity contribution is 7.22. The van der Waals surface area contributed by atoms with Crippen LogP contribution in [0.2, 0.25) is 5.02 Å². The van der Waals surface area contributed by atoms with E-state index in [0.717, 1.165) is 15.3 Å². The zero-order valence-electron chi connectivity index (χ0n) is 8.87. The molecule has 1 aliphatic heterocycles. The number of hydrogen-bond donors (Lipinski definition) is 2. The van der Waals surface area contributed by atoms with Crippen LogP contribution in [0, 0.1) is 0 Å². The molecule has 1 aliphatic rings. The van der Waals surface area contributed by atoms with Crippen molar-refractivity contribution in [1.82, 2.24) is 10.3 Å². The highest BCUT2D eigenvalue weighted by Crippen LogP contribution is 2.28. The lowest BCUT2D eigenvalue weighted by atomic mass is 10.3. The predicted molar refractivity (Wildman–Crippen MR) is 69.7 cm³/mol. The molecule has 2 aromatic rings. The normalized spacial score (nSPS) is 19.6. The number of thiazole rings is 1. The Kier molecular flexibility index (Phi) is 2.64. The van der Waals surface area contributed by atoms with Crippen molar-refractivity contribution in [2.75, 3.05) is 11.9 Å². The molecule has 88 valence electrons. The van der Waals surface area contributed by atoms with Crippen molar-refractivity contribution < 1.29 is 4.79 Å². The number of carbonyl (C=O) groups excluding carboxylic acids is 1. The average molecular weight is 268 g/mol. The van der Waals surface area contributed by atoms with E-state index in [-0.39, 0.29) is 11.9 Å². The molecule has 1 saturated heterocycles. The lowest BCUT2D eigenvalue weighted by Gasteiger charge is -2.07. The van der Waals surface area contributed by atoms with Gasteiger partial charge in [0, 0.05) is 18.0 Å². The van der Waals surface area contributed by atoms with E-state index in [0.29, 0.717) is 18.0 Å². The van der Waals surface area contributed by atoms with Gasteiger partial charge in [0.25, 0.3) is 0 Å². The number of carbonyl (C=O) groups is 1. The van der Waals surface area contributed by atoms with Crippen molar-refractivity contribution in [1.29, 1.82) is 0 Å². The molecule has 0 aliphatic carbocycles. The van der Waals surface area contributed by atoms with Crippen molar-refractivity contribution in [3.63, 3.8) is 0 Å². The van der Waals surface area contributed by atoms with Crippen LogP contribution in [0.3, 0.4) is 0 Å². The van der Waals surface area contributed by atoms with Crippen molar-refractivity contribution >= 4 is 44.2 Å². The van der Waals surface area contributed by atoms with Gasteiger partial charge in [-0.3, -0.25) is 4.79 Å². The molecule has 6 heteroatoms. The number of aromatic nitrogens is 1. The molecule has 1 atom stereocenters. The van der Waals surface area contributed by atoms with Crippen LogP contribution in [0.1, 0.15) is 6.42 Å². The second kappa shape index (κ2) is 4.16. The zero-order valence-corrected chi connectivity index (χ0v) is 10.4. The maximum atomic E-state index is 11.1. The summed E-state index contributed by atoms with van der Waals surface area (Å²) in [6.45, 7) is 0.662. The van der Waals surface area contributed by atoms with Crippen LogP contribution in [0.5, 0.6) is 0 Å². The summed E-state index contributed by atoms with van der Waals surface area (Å²) in [5.41, 5.74) is 0.891. The quantitative estimate of drug-likeness (QED) is 0.878. The number of hydrogen-bond acceptors (Lipinski definition) is 4. The summed E-state index contributed by atoms with van der Waals surface area (Å²) >= 11 is 7.48. The van der Waals surface area contributed by atoms with Gasteiger partial charge < -0.3 is 10.6 Å². The van der Waals surface area contributed by atoms with Crippen LogP contribution >= 0.6 is 22.9 Å². The van der Waals surface area contributed by atoms with Gasteiger partial charge in [0.2, 0.25) is 5.91 Å². The number of benzene rings is 1. The molecule has 1 unspecified atom stereocenters. The molecule has 1 amide bonds. The number of nitrogens with one attached hydrogen (secondary N) is 2. The molecule has 1 aromatic heterocycles. The molecule has 2 N–H and O–H groups in total. The van der Waals surface area contributed by atoms with Gasteiger partial charge in [-0.15, -0.1) is 0 Å². The van der Waals surface area contributed by atoms with Crippen LogP contribution < -0.4 is 10.6 Å². The van der Waals surface area contributed by atoms with Crippen LogP contribution in [0.15, 0.2) is 18.2 Å². The van der Waals surface area contributed by atoms with Crippen LogP contribution in [0.25, 0.3) is 10.2 Å². The number of halogens is 1. The Morgan fingerprint density at radius 3 is 3.18 bits per heavy atom. The van der Waals surface area contributed by atoms with E-state index in [4.69, 9.17) is 11.6 Å². The molecule has 2 heterocycles. The Morgan fingerprint density at radius 1 is 1.53 bits per heavy atom. The average Bonchev–Trinajstić information content (AvgIpc) is 2.84. The third-order valence-electron chi connectivity index (χ3n) is 2.65. The van der Waals surface area contributed by atoms with Crippen molar-refractivity contribution in [3.05, 3.63) is 23.2 Å². The summed E-state index contributed by atoms with van der Waals surface area (Å²) in [6.07, 6.45) is 0.511. The molecule has 4 nitrogen and oxygen atoms in total. The molecule has 1 aromatic carbocycles. The fraction of sp³-hybridized carbons (Fsp3) is 0.273. The standard InChI is InChI=1S/C11H10ClN3OS/c12-6-1-2-9-8(3-6)15-11(17-9)14-7-4-10(16)13-5-7/h1-3,7H,4-5H2,(H,13,16)(H,14,15). The van der Waals surface area contributed by atoms with E-state index in [9.17, 15) is 4.79 Å². The minimum Gasteiger partial charge on any atom is -0.356 e. The summed E-state index contributed by atoms with van der Waals surface area (Å²) < 4.78 is 1.09. The first-order valence-electron chi connectivity index (χ1n) is 5.30. The van der Waals surface area contributed by atoms with Crippen molar-refractivity contribution in [3.8, 4) is 0 Å². The van der Waals surface area contributed by atoms with E-state index < -0.39 is 0 Å². The highest BCUT2D eigenvalue weighted by Gasteiger charge is 2.21. The molecule has 0 saturated carbocycles. The fourth-order valence-electron chi connectivity index (χ4n) is 1.84. The third-order valence-corrected chi connectivity index (χ3v) is 3.86. The van der Waals surface area contributed by atoms with Gasteiger partial charge in [0.1, 0.15) is 0 Å². The first-order chi connectivity index (χ1) is 8.20.